The minimum absolute atomic E-state index is 0.628. The molecular formula is C16H13N3O. The lowest BCUT2D eigenvalue weighted by atomic mass is 10.1. The number of fused-ring (bicyclic) bond motifs is 1. The largest absolute Gasteiger partial charge is 0.497 e. The van der Waals surface area contributed by atoms with Gasteiger partial charge in [0.2, 0.25) is 0 Å². The summed E-state index contributed by atoms with van der Waals surface area (Å²) in [6, 6.07) is 13.7. The Morgan fingerprint density at radius 3 is 2.95 bits per heavy atom. The van der Waals surface area contributed by atoms with Gasteiger partial charge in [0.25, 0.3) is 0 Å². The molecule has 0 bridgehead atoms. The van der Waals surface area contributed by atoms with Gasteiger partial charge in [-0.3, -0.25) is 0 Å². The van der Waals surface area contributed by atoms with Crippen molar-refractivity contribution >= 4 is 5.65 Å². The molecule has 4 heteroatoms. The molecule has 0 N–H and O–H groups in total. The van der Waals surface area contributed by atoms with Crippen molar-refractivity contribution in [2.75, 3.05) is 7.11 Å². The number of imidazole rings is 1. The van der Waals surface area contributed by atoms with Gasteiger partial charge < -0.3 is 9.14 Å². The highest BCUT2D eigenvalue weighted by Crippen LogP contribution is 2.16. The average molecular weight is 263 g/mol. The van der Waals surface area contributed by atoms with Crippen molar-refractivity contribution in [1.29, 1.82) is 5.26 Å². The monoisotopic (exact) mass is 263 g/mol. The molecule has 0 unspecified atom stereocenters. The first-order chi connectivity index (χ1) is 9.78. The summed E-state index contributed by atoms with van der Waals surface area (Å²) in [5.74, 6) is 0.845. The second kappa shape index (κ2) is 5.06. The predicted molar refractivity (Wildman–Crippen MR) is 75.7 cm³/mol. The summed E-state index contributed by atoms with van der Waals surface area (Å²) in [4.78, 5) is 4.55. The molecule has 4 nitrogen and oxygen atoms in total. The molecule has 0 aliphatic rings. The van der Waals surface area contributed by atoms with E-state index >= 15 is 0 Å². The fourth-order valence-corrected chi connectivity index (χ4v) is 2.19. The molecule has 3 rings (SSSR count). The standard InChI is InChI=1S/C16H13N3O/c1-20-15-4-2-3-12(8-15)7-14-11-19-10-13(9-17)5-6-16(19)18-14/h2-6,8,10-11H,7H2,1H3. The van der Waals surface area contributed by atoms with Gasteiger partial charge in [0.15, 0.2) is 0 Å². The Kier molecular flexibility index (Phi) is 3.10. The van der Waals surface area contributed by atoms with Crippen LogP contribution in [0.4, 0.5) is 0 Å². The molecule has 3 aromatic rings. The number of ether oxygens (including phenoxy) is 1. The lowest BCUT2D eigenvalue weighted by Gasteiger charge is -2.02. The van der Waals surface area contributed by atoms with Crippen LogP contribution < -0.4 is 4.74 Å². The molecule has 0 saturated heterocycles. The Morgan fingerprint density at radius 1 is 1.25 bits per heavy atom. The normalized spacial score (nSPS) is 10.4. The number of hydrogen-bond donors (Lipinski definition) is 0. The molecule has 98 valence electrons. The molecule has 2 aromatic heterocycles. The molecule has 0 spiro atoms. The van der Waals surface area contributed by atoms with E-state index in [2.05, 4.69) is 11.1 Å². The lowest BCUT2D eigenvalue weighted by molar-refractivity contribution is 0.414. The summed E-state index contributed by atoms with van der Waals surface area (Å²) >= 11 is 0. The third kappa shape index (κ3) is 2.34. The van der Waals surface area contributed by atoms with Crippen molar-refractivity contribution in [2.24, 2.45) is 0 Å². The van der Waals surface area contributed by atoms with E-state index in [1.165, 1.54) is 0 Å². The first kappa shape index (κ1) is 12.2. The summed E-state index contributed by atoms with van der Waals surface area (Å²) in [5, 5.41) is 8.90. The number of pyridine rings is 1. The van der Waals surface area contributed by atoms with E-state index in [4.69, 9.17) is 10.00 Å². The minimum Gasteiger partial charge on any atom is -0.497 e. The van der Waals surface area contributed by atoms with Crippen LogP contribution in [0.3, 0.4) is 0 Å². The van der Waals surface area contributed by atoms with Crippen molar-refractivity contribution in [3.8, 4) is 11.8 Å². The Hall–Kier alpha value is -2.80. The third-order valence-electron chi connectivity index (χ3n) is 3.15. The van der Waals surface area contributed by atoms with Crippen LogP contribution in [0.1, 0.15) is 16.8 Å². The summed E-state index contributed by atoms with van der Waals surface area (Å²) in [5.41, 5.74) is 3.59. The van der Waals surface area contributed by atoms with Gasteiger partial charge in [0.1, 0.15) is 17.5 Å². The second-order valence-electron chi connectivity index (χ2n) is 4.56. The van der Waals surface area contributed by atoms with Gasteiger partial charge in [-0.15, -0.1) is 0 Å². The van der Waals surface area contributed by atoms with Gasteiger partial charge in [-0.1, -0.05) is 12.1 Å². The van der Waals surface area contributed by atoms with E-state index < -0.39 is 0 Å². The number of benzene rings is 1. The number of methoxy groups -OCH3 is 1. The molecule has 0 aliphatic carbocycles. The molecule has 0 fully saturated rings. The zero-order chi connectivity index (χ0) is 13.9. The fraction of sp³-hybridized carbons (Fsp3) is 0.125. The highest BCUT2D eigenvalue weighted by molar-refractivity contribution is 5.45. The molecule has 2 heterocycles. The number of rotatable bonds is 3. The Bertz CT molecular complexity index is 799. The van der Waals surface area contributed by atoms with E-state index in [1.54, 1.807) is 19.4 Å². The molecule has 0 aliphatic heterocycles. The van der Waals surface area contributed by atoms with Gasteiger partial charge in [-0.05, 0) is 29.8 Å². The van der Waals surface area contributed by atoms with Crippen LogP contribution in [0, 0.1) is 11.3 Å². The van der Waals surface area contributed by atoms with Crippen LogP contribution in [-0.4, -0.2) is 16.5 Å². The molecule has 0 amide bonds. The van der Waals surface area contributed by atoms with E-state index in [9.17, 15) is 0 Å². The van der Waals surface area contributed by atoms with E-state index in [0.29, 0.717) is 5.56 Å². The van der Waals surface area contributed by atoms with Gasteiger partial charge in [0.05, 0.1) is 18.4 Å². The van der Waals surface area contributed by atoms with Gasteiger partial charge in [0, 0.05) is 18.8 Å². The number of nitrogens with zero attached hydrogens (tertiary/aromatic N) is 3. The van der Waals surface area contributed by atoms with E-state index in [1.807, 2.05) is 40.9 Å². The maximum absolute atomic E-state index is 8.90. The van der Waals surface area contributed by atoms with Crippen LogP contribution >= 0.6 is 0 Å². The Labute approximate surface area is 116 Å². The van der Waals surface area contributed by atoms with Crippen LogP contribution in [-0.2, 0) is 6.42 Å². The topological polar surface area (TPSA) is 50.3 Å². The number of hydrogen-bond acceptors (Lipinski definition) is 3. The first-order valence-corrected chi connectivity index (χ1v) is 6.29. The van der Waals surface area contributed by atoms with Gasteiger partial charge >= 0.3 is 0 Å². The molecule has 20 heavy (non-hydrogen) atoms. The molecule has 0 radical (unpaired) electrons. The SMILES string of the molecule is COc1cccc(Cc2cn3cc(C#N)ccc3n2)c1. The van der Waals surface area contributed by atoms with Crippen molar-refractivity contribution in [2.45, 2.75) is 6.42 Å². The summed E-state index contributed by atoms with van der Waals surface area (Å²) in [7, 11) is 1.66. The first-order valence-electron chi connectivity index (χ1n) is 6.29. The van der Waals surface area contributed by atoms with Crippen molar-refractivity contribution in [3.05, 3.63) is 65.6 Å². The third-order valence-corrected chi connectivity index (χ3v) is 3.15. The highest BCUT2D eigenvalue weighted by atomic mass is 16.5. The average Bonchev–Trinajstić information content (AvgIpc) is 2.88. The number of nitriles is 1. The Balaban J connectivity index is 1.92. The minimum atomic E-state index is 0.628. The smallest absolute Gasteiger partial charge is 0.137 e. The van der Waals surface area contributed by atoms with Crippen molar-refractivity contribution < 1.29 is 4.74 Å². The Morgan fingerprint density at radius 2 is 2.15 bits per heavy atom. The van der Waals surface area contributed by atoms with Crippen LogP contribution in [0.2, 0.25) is 0 Å². The molecule has 1 aromatic carbocycles. The number of aromatic nitrogens is 2. The lowest BCUT2D eigenvalue weighted by Crippen LogP contribution is -1.89. The zero-order valence-corrected chi connectivity index (χ0v) is 11.1. The summed E-state index contributed by atoms with van der Waals surface area (Å²) in [6.07, 6.45) is 4.48. The maximum atomic E-state index is 8.90. The molecule has 0 atom stereocenters. The fourth-order valence-electron chi connectivity index (χ4n) is 2.19. The van der Waals surface area contributed by atoms with E-state index in [0.717, 1.165) is 29.1 Å². The van der Waals surface area contributed by atoms with Gasteiger partial charge in [-0.25, -0.2) is 4.98 Å². The van der Waals surface area contributed by atoms with Crippen molar-refractivity contribution in [3.63, 3.8) is 0 Å². The summed E-state index contributed by atoms with van der Waals surface area (Å²) < 4.78 is 7.10. The van der Waals surface area contributed by atoms with Gasteiger partial charge in [-0.2, -0.15) is 5.26 Å². The predicted octanol–water partition coefficient (Wildman–Crippen LogP) is 2.81. The van der Waals surface area contributed by atoms with Crippen LogP contribution in [0.15, 0.2) is 48.8 Å². The zero-order valence-electron chi connectivity index (χ0n) is 11.1. The van der Waals surface area contributed by atoms with Crippen LogP contribution in [0.25, 0.3) is 5.65 Å². The van der Waals surface area contributed by atoms with Crippen molar-refractivity contribution in [1.82, 2.24) is 9.38 Å². The molecular weight excluding hydrogens is 250 g/mol. The van der Waals surface area contributed by atoms with E-state index in [-0.39, 0.29) is 0 Å². The second-order valence-corrected chi connectivity index (χ2v) is 4.56. The summed E-state index contributed by atoms with van der Waals surface area (Å²) in [6.45, 7) is 0. The highest BCUT2D eigenvalue weighted by Gasteiger charge is 2.04. The maximum Gasteiger partial charge on any atom is 0.137 e. The molecule has 0 saturated carbocycles. The quantitative estimate of drug-likeness (QED) is 0.730. The van der Waals surface area contributed by atoms with Crippen LogP contribution in [0.5, 0.6) is 5.75 Å².